The average molecular weight is 319 g/mol. The van der Waals surface area contributed by atoms with Crippen LogP contribution >= 0.6 is 0 Å². The molecule has 0 spiro atoms. The van der Waals surface area contributed by atoms with Crippen LogP contribution in [0.4, 0.5) is 4.79 Å². The molecule has 0 aromatic heterocycles. The number of carbonyl (C=O) groups excluding carboxylic acids is 2. The molecule has 0 radical (unpaired) electrons. The van der Waals surface area contributed by atoms with Crippen molar-refractivity contribution in [2.45, 2.75) is 39.0 Å². The Labute approximate surface area is 138 Å². The highest BCUT2D eigenvalue weighted by Crippen LogP contribution is 2.56. The highest BCUT2D eigenvalue weighted by Gasteiger charge is 2.51. The molecule has 0 atom stereocenters. The molecule has 4 aliphatic carbocycles. The summed E-state index contributed by atoms with van der Waals surface area (Å²) >= 11 is 0. The summed E-state index contributed by atoms with van der Waals surface area (Å²) < 4.78 is 0. The van der Waals surface area contributed by atoms with Gasteiger partial charge in [0.2, 0.25) is 5.91 Å². The van der Waals surface area contributed by atoms with E-state index in [4.69, 9.17) is 0 Å². The van der Waals surface area contributed by atoms with E-state index in [1.807, 2.05) is 16.7 Å². The molecule has 23 heavy (non-hydrogen) atoms. The first-order valence-corrected chi connectivity index (χ1v) is 9.47. The number of carbonyl (C=O) groups is 2. The van der Waals surface area contributed by atoms with Gasteiger partial charge in [0.15, 0.2) is 0 Å². The highest BCUT2D eigenvalue weighted by atomic mass is 16.2. The molecule has 4 bridgehead atoms. The molecule has 1 heterocycles. The normalized spacial score (nSPS) is 38.7. The Kier molecular flexibility index (Phi) is 3.98. The minimum absolute atomic E-state index is 0.00854. The van der Waals surface area contributed by atoms with Gasteiger partial charge < -0.3 is 15.1 Å². The fraction of sp³-hybridized carbons (Fsp3) is 0.889. The molecule has 1 aliphatic heterocycles. The maximum absolute atomic E-state index is 13.1. The third kappa shape index (κ3) is 2.72. The molecule has 0 unspecified atom stereocenters. The Morgan fingerprint density at radius 2 is 1.39 bits per heavy atom. The molecule has 0 aromatic rings. The van der Waals surface area contributed by atoms with Gasteiger partial charge in [0.1, 0.15) is 0 Å². The zero-order chi connectivity index (χ0) is 16.0. The van der Waals surface area contributed by atoms with Crippen molar-refractivity contribution in [3.05, 3.63) is 0 Å². The van der Waals surface area contributed by atoms with Crippen LogP contribution in [-0.2, 0) is 4.79 Å². The largest absolute Gasteiger partial charge is 0.339 e. The number of nitrogens with zero attached hydrogens (tertiary/aromatic N) is 2. The van der Waals surface area contributed by atoms with Crippen molar-refractivity contribution in [3.63, 3.8) is 0 Å². The zero-order valence-electron chi connectivity index (χ0n) is 14.2. The topological polar surface area (TPSA) is 52.7 Å². The summed E-state index contributed by atoms with van der Waals surface area (Å²) in [6.07, 6.45) is 6.61. The molecular formula is C18H29N3O2. The maximum Gasteiger partial charge on any atom is 0.317 e. The highest BCUT2D eigenvalue weighted by molar-refractivity contribution is 5.80. The van der Waals surface area contributed by atoms with Crippen molar-refractivity contribution in [1.29, 1.82) is 0 Å². The van der Waals surface area contributed by atoms with Gasteiger partial charge in [-0.1, -0.05) is 0 Å². The zero-order valence-corrected chi connectivity index (χ0v) is 14.2. The van der Waals surface area contributed by atoms with Gasteiger partial charge in [-0.05, 0) is 62.7 Å². The second-order valence-corrected chi connectivity index (χ2v) is 8.10. The van der Waals surface area contributed by atoms with E-state index in [-0.39, 0.29) is 6.03 Å². The summed E-state index contributed by atoms with van der Waals surface area (Å²) in [7, 11) is 0. The Balaban J connectivity index is 1.36. The van der Waals surface area contributed by atoms with E-state index in [1.54, 1.807) is 0 Å². The number of urea groups is 1. The predicted molar refractivity (Wildman–Crippen MR) is 87.8 cm³/mol. The fourth-order valence-corrected chi connectivity index (χ4v) is 5.93. The lowest BCUT2D eigenvalue weighted by Crippen LogP contribution is -2.57. The number of rotatable bonds is 2. The quantitative estimate of drug-likeness (QED) is 0.845. The second kappa shape index (κ2) is 5.99. The molecule has 5 aliphatic rings. The smallest absolute Gasteiger partial charge is 0.317 e. The summed E-state index contributed by atoms with van der Waals surface area (Å²) in [4.78, 5) is 28.9. The number of piperazine rings is 1. The van der Waals surface area contributed by atoms with Gasteiger partial charge in [-0.15, -0.1) is 0 Å². The van der Waals surface area contributed by atoms with Gasteiger partial charge in [-0.25, -0.2) is 4.79 Å². The van der Waals surface area contributed by atoms with E-state index in [1.165, 1.54) is 32.1 Å². The average Bonchev–Trinajstić information content (AvgIpc) is 2.54. The maximum atomic E-state index is 13.1. The fourth-order valence-electron chi connectivity index (χ4n) is 5.93. The van der Waals surface area contributed by atoms with Crippen LogP contribution < -0.4 is 5.32 Å². The summed E-state index contributed by atoms with van der Waals surface area (Å²) in [5, 5.41) is 2.85. The lowest BCUT2D eigenvalue weighted by Gasteiger charge is -2.54. The summed E-state index contributed by atoms with van der Waals surface area (Å²) in [6, 6.07) is 0.00854. The van der Waals surface area contributed by atoms with Crippen molar-refractivity contribution in [1.82, 2.24) is 15.1 Å². The number of amides is 3. The van der Waals surface area contributed by atoms with E-state index >= 15 is 0 Å². The van der Waals surface area contributed by atoms with Crippen LogP contribution in [-0.4, -0.2) is 54.5 Å². The molecule has 5 rings (SSSR count). The van der Waals surface area contributed by atoms with Crippen LogP contribution in [0.15, 0.2) is 0 Å². The molecule has 3 amide bonds. The van der Waals surface area contributed by atoms with E-state index in [0.717, 1.165) is 11.8 Å². The van der Waals surface area contributed by atoms with Crippen LogP contribution in [0.5, 0.6) is 0 Å². The standard InChI is InChI=1S/C18H29N3O2/c1-2-19-18(23)21-5-3-20(4-6-21)17(22)16-14-8-12-7-13(10-14)11-15(16)9-12/h12-16H,2-11H2,1H3,(H,19,23). The van der Waals surface area contributed by atoms with E-state index in [0.29, 0.717) is 56.4 Å². The molecular weight excluding hydrogens is 290 g/mol. The van der Waals surface area contributed by atoms with Gasteiger partial charge in [-0.3, -0.25) is 4.79 Å². The molecule has 0 aromatic carbocycles. The van der Waals surface area contributed by atoms with Crippen LogP contribution in [0.1, 0.15) is 39.0 Å². The van der Waals surface area contributed by atoms with Crippen molar-refractivity contribution in [2.75, 3.05) is 32.7 Å². The van der Waals surface area contributed by atoms with E-state index in [2.05, 4.69) is 5.32 Å². The summed E-state index contributed by atoms with van der Waals surface area (Å²) in [5.41, 5.74) is 0. The molecule has 128 valence electrons. The van der Waals surface area contributed by atoms with Gasteiger partial charge >= 0.3 is 6.03 Å². The SMILES string of the molecule is CCNC(=O)N1CCN(C(=O)C2C3CC4CC(C3)CC2C4)CC1. The Morgan fingerprint density at radius 3 is 1.91 bits per heavy atom. The number of hydrogen-bond donors (Lipinski definition) is 1. The van der Waals surface area contributed by atoms with Crippen molar-refractivity contribution < 1.29 is 9.59 Å². The number of nitrogens with one attached hydrogen (secondary N) is 1. The molecule has 4 saturated carbocycles. The monoisotopic (exact) mass is 319 g/mol. The lowest BCUT2D eigenvalue weighted by atomic mass is 9.51. The van der Waals surface area contributed by atoms with Crippen LogP contribution in [0, 0.1) is 29.6 Å². The van der Waals surface area contributed by atoms with Crippen LogP contribution in [0.25, 0.3) is 0 Å². The minimum Gasteiger partial charge on any atom is -0.339 e. The summed E-state index contributed by atoms with van der Waals surface area (Å²) in [5.74, 6) is 3.82. The first-order chi connectivity index (χ1) is 11.2. The molecule has 5 heteroatoms. The molecule has 5 fully saturated rings. The van der Waals surface area contributed by atoms with Gasteiger partial charge in [-0.2, -0.15) is 0 Å². The number of hydrogen-bond acceptors (Lipinski definition) is 2. The lowest BCUT2D eigenvalue weighted by molar-refractivity contribution is -0.150. The minimum atomic E-state index is 0.00854. The van der Waals surface area contributed by atoms with Gasteiger partial charge in [0.05, 0.1) is 0 Å². The second-order valence-electron chi connectivity index (χ2n) is 8.10. The molecule has 1 N–H and O–H groups in total. The van der Waals surface area contributed by atoms with Crippen molar-refractivity contribution in [2.24, 2.45) is 29.6 Å². The van der Waals surface area contributed by atoms with E-state index < -0.39 is 0 Å². The van der Waals surface area contributed by atoms with Crippen LogP contribution in [0.2, 0.25) is 0 Å². The van der Waals surface area contributed by atoms with Gasteiger partial charge in [0, 0.05) is 38.6 Å². The third-order valence-electron chi connectivity index (χ3n) is 6.72. The van der Waals surface area contributed by atoms with E-state index in [9.17, 15) is 9.59 Å². The Bertz CT molecular complexity index is 457. The predicted octanol–water partition coefficient (Wildman–Crippen LogP) is 1.93. The first kappa shape index (κ1) is 15.3. The van der Waals surface area contributed by atoms with Crippen molar-refractivity contribution >= 4 is 11.9 Å². The van der Waals surface area contributed by atoms with Gasteiger partial charge in [0.25, 0.3) is 0 Å². The van der Waals surface area contributed by atoms with Crippen LogP contribution in [0.3, 0.4) is 0 Å². The molecule has 1 saturated heterocycles. The third-order valence-corrected chi connectivity index (χ3v) is 6.72. The van der Waals surface area contributed by atoms with Crippen molar-refractivity contribution in [3.8, 4) is 0 Å². The Hall–Kier alpha value is -1.26. The molecule has 5 nitrogen and oxygen atoms in total. The summed E-state index contributed by atoms with van der Waals surface area (Å²) in [6.45, 7) is 5.35. The Morgan fingerprint density at radius 1 is 0.870 bits per heavy atom. The first-order valence-electron chi connectivity index (χ1n) is 9.47.